The van der Waals surface area contributed by atoms with Crippen LogP contribution in [0.1, 0.15) is 42.5 Å². The van der Waals surface area contributed by atoms with E-state index in [-0.39, 0.29) is 5.91 Å². The minimum Gasteiger partial charge on any atom is -0.339 e. The fourth-order valence-electron chi connectivity index (χ4n) is 2.62. The first-order valence-corrected chi connectivity index (χ1v) is 6.94. The van der Waals surface area contributed by atoms with Crippen molar-refractivity contribution in [1.82, 2.24) is 19.7 Å². The summed E-state index contributed by atoms with van der Waals surface area (Å²) < 4.78 is 1.51. The zero-order valence-electron chi connectivity index (χ0n) is 11.0. The number of nitrogens with zero attached hydrogens (tertiary/aromatic N) is 4. The topological polar surface area (TPSA) is 50.5 Å². The molecule has 0 radical (unpaired) electrons. The molecule has 1 fully saturated rings. The van der Waals surface area contributed by atoms with E-state index in [1.165, 1.54) is 23.9 Å². The lowest BCUT2D eigenvalue weighted by Gasteiger charge is -2.24. The van der Waals surface area contributed by atoms with Gasteiger partial charge in [0, 0.05) is 19.3 Å². The second-order valence-corrected chi connectivity index (χ2v) is 5.02. The van der Waals surface area contributed by atoms with Crippen molar-refractivity contribution < 1.29 is 4.79 Å². The van der Waals surface area contributed by atoms with Crippen molar-refractivity contribution in [2.24, 2.45) is 0 Å². The van der Waals surface area contributed by atoms with Crippen LogP contribution in [0.5, 0.6) is 0 Å². The maximum absolute atomic E-state index is 12.6. The van der Waals surface area contributed by atoms with Crippen molar-refractivity contribution in [1.29, 1.82) is 0 Å². The fourth-order valence-corrected chi connectivity index (χ4v) is 2.62. The molecule has 19 heavy (non-hydrogen) atoms. The van der Waals surface area contributed by atoms with Gasteiger partial charge in [-0.2, -0.15) is 14.8 Å². The monoisotopic (exact) mass is 258 g/mol. The maximum atomic E-state index is 12.6. The molecule has 0 saturated carbocycles. The lowest BCUT2D eigenvalue weighted by Crippen LogP contribution is -2.33. The highest BCUT2D eigenvalue weighted by Crippen LogP contribution is 2.16. The Morgan fingerprint density at radius 1 is 1.05 bits per heavy atom. The van der Waals surface area contributed by atoms with Gasteiger partial charge in [0.2, 0.25) is 0 Å². The van der Waals surface area contributed by atoms with Crippen LogP contribution in [0.25, 0.3) is 5.52 Å². The number of rotatable bonds is 1. The Morgan fingerprint density at radius 2 is 1.79 bits per heavy atom. The number of carbonyl (C=O) groups is 1. The van der Waals surface area contributed by atoms with Gasteiger partial charge in [-0.3, -0.25) is 4.79 Å². The molecule has 3 heterocycles. The summed E-state index contributed by atoms with van der Waals surface area (Å²) in [7, 11) is 0. The van der Waals surface area contributed by atoms with Crippen LogP contribution in [0, 0.1) is 0 Å². The van der Waals surface area contributed by atoms with E-state index in [1.54, 1.807) is 12.4 Å². The molecule has 1 amide bonds. The minimum atomic E-state index is 0.0879. The zero-order valence-corrected chi connectivity index (χ0v) is 11.0. The third-order valence-electron chi connectivity index (χ3n) is 3.68. The number of hydrogen-bond donors (Lipinski definition) is 0. The molecule has 0 atom stereocenters. The molecule has 3 rings (SSSR count). The van der Waals surface area contributed by atoms with Crippen LogP contribution < -0.4 is 0 Å². The Hall–Kier alpha value is -1.91. The second kappa shape index (κ2) is 5.38. The van der Waals surface area contributed by atoms with E-state index in [2.05, 4.69) is 10.2 Å². The van der Waals surface area contributed by atoms with Gasteiger partial charge in [0.15, 0.2) is 0 Å². The zero-order chi connectivity index (χ0) is 13.1. The van der Waals surface area contributed by atoms with Crippen LogP contribution >= 0.6 is 0 Å². The largest absolute Gasteiger partial charge is 0.339 e. The Labute approximate surface area is 112 Å². The summed E-state index contributed by atoms with van der Waals surface area (Å²) in [6, 6.07) is 3.72. The van der Waals surface area contributed by atoms with E-state index in [9.17, 15) is 4.79 Å². The standard InChI is InChI=1S/C14H18N4O/c19-14(17-9-4-2-1-3-5-10-17)12-11-16-18-13(12)7-6-8-15-18/h6-8,11H,1-5,9-10H2. The third-order valence-corrected chi connectivity index (χ3v) is 3.68. The summed E-state index contributed by atoms with van der Waals surface area (Å²) in [5.41, 5.74) is 1.45. The third kappa shape index (κ3) is 2.45. The quantitative estimate of drug-likeness (QED) is 0.787. The molecule has 0 aromatic carbocycles. The van der Waals surface area contributed by atoms with E-state index in [1.807, 2.05) is 17.0 Å². The van der Waals surface area contributed by atoms with E-state index < -0.39 is 0 Å². The summed E-state index contributed by atoms with van der Waals surface area (Å²) in [5.74, 6) is 0.0879. The molecule has 100 valence electrons. The smallest absolute Gasteiger partial charge is 0.257 e. The molecule has 0 spiro atoms. The Kier molecular flexibility index (Phi) is 3.44. The maximum Gasteiger partial charge on any atom is 0.257 e. The van der Waals surface area contributed by atoms with Crippen LogP contribution in [-0.4, -0.2) is 38.7 Å². The summed E-state index contributed by atoms with van der Waals surface area (Å²) in [4.78, 5) is 14.5. The highest BCUT2D eigenvalue weighted by molar-refractivity contribution is 6.00. The van der Waals surface area contributed by atoms with Crippen molar-refractivity contribution in [2.75, 3.05) is 13.1 Å². The van der Waals surface area contributed by atoms with Gasteiger partial charge in [-0.05, 0) is 25.0 Å². The number of hydrogen-bond acceptors (Lipinski definition) is 3. The summed E-state index contributed by atoms with van der Waals surface area (Å²) in [6.45, 7) is 1.72. The van der Waals surface area contributed by atoms with E-state index in [4.69, 9.17) is 0 Å². The van der Waals surface area contributed by atoms with Gasteiger partial charge in [-0.15, -0.1) is 0 Å². The van der Waals surface area contributed by atoms with Gasteiger partial charge < -0.3 is 4.90 Å². The van der Waals surface area contributed by atoms with Gasteiger partial charge in [0.1, 0.15) is 5.52 Å². The summed E-state index contributed by atoms with van der Waals surface area (Å²) in [5, 5.41) is 8.23. The van der Waals surface area contributed by atoms with Gasteiger partial charge in [-0.25, -0.2) is 0 Å². The molecule has 5 nitrogen and oxygen atoms in total. The average molecular weight is 258 g/mol. The molecule has 0 unspecified atom stereocenters. The molecule has 1 aliphatic heterocycles. The molecular weight excluding hydrogens is 240 g/mol. The first kappa shape index (κ1) is 12.1. The van der Waals surface area contributed by atoms with Crippen LogP contribution in [0.3, 0.4) is 0 Å². The van der Waals surface area contributed by atoms with Gasteiger partial charge in [-0.1, -0.05) is 19.3 Å². The van der Waals surface area contributed by atoms with Gasteiger partial charge >= 0.3 is 0 Å². The predicted molar refractivity (Wildman–Crippen MR) is 72.0 cm³/mol. The SMILES string of the molecule is O=C(c1cnn2ncccc12)N1CCCCCCC1. The molecular formula is C14H18N4O. The number of likely N-dealkylation sites (tertiary alicyclic amines) is 1. The highest BCUT2D eigenvalue weighted by atomic mass is 16.2. The van der Waals surface area contributed by atoms with E-state index in [0.717, 1.165) is 31.4 Å². The summed E-state index contributed by atoms with van der Waals surface area (Å²) in [6.07, 6.45) is 9.24. The first-order valence-electron chi connectivity index (χ1n) is 6.94. The van der Waals surface area contributed by atoms with Crippen molar-refractivity contribution in [3.05, 3.63) is 30.1 Å². The molecule has 2 aromatic rings. The Bertz CT molecular complexity index is 570. The van der Waals surface area contributed by atoms with E-state index >= 15 is 0 Å². The number of carbonyl (C=O) groups excluding carboxylic acids is 1. The number of fused-ring (bicyclic) bond motifs is 1. The Morgan fingerprint density at radius 3 is 2.58 bits per heavy atom. The van der Waals surface area contributed by atoms with Crippen LogP contribution in [0.15, 0.2) is 24.5 Å². The number of aromatic nitrogens is 3. The predicted octanol–water partition coefficient (Wildman–Crippen LogP) is 2.14. The van der Waals surface area contributed by atoms with Gasteiger partial charge in [0.05, 0.1) is 11.8 Å². The first-order chi connectivity index (χ1) is 9.36. The molecule has 2 aromatic heterocycles. The molecule has 5 heteroatoms. The molecule has 0 N–H and O–H groups in total. The number of amides is 1. The molecule has 1 aliphatic rings. The molecule has 0 aliphatic carbocycles. The minimum absolute atomic E-state index is 0.0879. The second-order valence-electron chi connectivity index (χ2n) is 5.02. The van der Waals surface area contributed by atoms with Crippen molar-refractivity contribution in [2.45, 2.75) is 32.1 Å². The van der Waals surface area contributed by atoms with Crippen molar-refractivity contribution >= 4 is 11.4 Å². The van der Waals surface area contributed by atoms with Crippen LogP contribution in [-0.2, 0) is 0 Å². The summed E-state index contributed by atoms with van der Waals surface area (Å²) >= 11 is 0. The van der Waals surface area contributed by atoms with Crippen molar-refractivity contribution in [3.63, 3.8) is 0 Å². The lowest BCUT2D eigenvalue weighted by molar-refractivity contribution is 0.0744. The van der Waals surface area contributed by atoms with E-state index in [0.29, 0.717) is 5.56 Å². The Balaban J connectivity index is 1.85. The van der Waals surface area contributed by atoms with Crippen molar-refractivity contribution in [3.8, 4) is 0 Å². The molecule has 0 bridgehead atoms. The lowest BCUT2D eigenvalue weighted by atomic mass is 10.1. The van der Waals surface area contributed by atoms with Crippen LogP contribution in [0.4, 0.5) is 0 Å². The average Bonchev–Trinajstić information content (AvgIpc) is 2.81. The normalized spacial score (nSPS) is 17.2. The fraction of sp³-hybridized carbons (Fsp3) is 0.500. The molecule has 1 saturated heterocycles. The highest BCUT2D eigenvalue weighted by Gasteiger charge is 2.20. The van der Waals surface area contributed by atoms with Gasteiger partial charge in [0.25, 0.3) is 5.91 Å². The van der Waals surface area contributed by atoms with Crippen LogP contribution in [0.2, 0.25) is 0 Å².